The molecule has 2 rings (SSSR count). The molecule has 0 saturated heterocycles. The van der Waals surface area contributed by atoms with Crippen LogP contribution < -0.4 is 9.47 Å². The second-order valence-electron chi connectivity index (χ2n) is 11.4. The maximum Gasteiger partial charge on any atom is 0.350 e. The fourth-order valence-electron chi connectivity index (χ4n) is 4.34. The van der Waals surface area contributed by atoms with Crippen molar-refractivity contribution in [3.05, 3.63) is 109 Å². The topological polar surface area (TPSA) is 146 Å². The molecule has 4 N–H and O–H groups in total. The zero-order chi connectivity index (χ0) is 36.8. The average Bonchev–Trinajstić information content (AvgIpc) is 3.10. The summed E-state index contributed by atoms with van der Waals surface area (Å²) in [5, 5.41) is 18.3. The van der Waals surface area contributed by atoms with Gasteiger partial charge in [0.2, 0.25) is 0 Å². The molecule has 51 heavy (non-hydrogen) atoms. The van der Waals surface area contributed by atoms with Gasteiger partial charge in [-0.1, -0.05) is 51.7 Å². The van der Waals surface area contributed by atoms with E-state index in [0.29, 0.717) is 37.6 Å². The molecule has 0 aliphatic carbocycles. The number of ether oxygens (including phenoxy) is 5. The number of hydrogen-bond acceptors (Lipinski definition) is 8. The SMILES string of the molecule is C=CC(=O)OCCCCCCCOc1ccc(C(=[OH+])/C=C(/C)O)cc1.C=COCOCCCCCCCOc1ccc(C(=[OH+])/C=C(/C)O)cc1.[Pd]. The van der Waals surface area contributed by atoms with Crippen molar-refractivity contribution in [2.75, 3.05) is 33.2 Å². The number of unbranched alkanes of at least 4 members (excludes halogenated alkanes) is 8. The second kappa shape index (κ2) is 30.6. The van der Waals surface area contributed by atoms with Crippen molar-refractivity contribution in [2.45, 2.75) is 78.1 Å². The van der Waals surface area contributed by atoms with E-state index in [-0.39, 0.29) is 56.3 Å². The van der Waals surface area contributed by atoms with E-state index in [0.717, 1.165) is 75.7 Å². The van der Waals surface area contributed by atoms with Crippen LogP contribution in [0.5, 0.6) is 11.5 Å². The quantitative estimate of drug-likeness (QED) is 0.0141. The van der Waals surface area contributed by atoms with E-state index in [4.69, 9.17) is 33.9 Å². The number of carbonyl (C=O) groups excluding carboxylic acids is 3. The van der Waals surface area contributed by atoms with Crippen LogP contribution in [-0.4, -0.2) is 70.6 Å². The Morgan fingerprint density at radius 3 is 1.43 bits per heavy atom. The van der Waals surface area contributed by atoms with E-state index < -0.39 is 0 Å². The molecule has 284 valence electrons. The van der Waals surface area contributed by atoms with Crippen molar-refractivity contribution in [1.82, 2.24) is 0 Å². The van der Waals surface area contributed by atoms with Crippen LogP contribution in [0, 0.1) is 0 Å². The van der Waals surface area contributed by atoms with Gasteiger partial charge < -0.3 is 33.9 Å². The van der Waals surface area contributed by atoms with E-state index in [2.05, 4.69) is 13.2 Å². The Morgan fingerprint density at radius 1 is 0.647 bits per heavy atom. The molecule has 2 aromatic carbocycles. The van der Waals surface area contributed by atoms with Crippen molar-refractivity contribution < 1.29 is 68.7 Å². The van der Waals surface area contributed by atoms with Gasteiger partial charge in [-0.05, 0) is 88.1 Å². The van der Waals surface area contributed by atoms with Gasteiger partial charge >= 0.3 is 17.5 Å². The Balaban J connectivity index is 0.000000962. The Bertz CT molecular complexity index is 1330. The Hall–Kier alpha value is -4.17. The fourth-order valence-corrected chi connectivity index (χ4v) is 4.34. The summed E-state index contributed by atoms with van der Waals surface area (Å²) in [6.45, 7) is 12.6. The largest absolute Gasteiger partial charge is 0.512 e. The zero-order valence-corrected chi connectivity index (χ0v) is 31.6. The van der Waals surface area contributed by atoms with Crippen LogP contribution in [0.15, 0.2) is 97.7 Å². The molecular weight excluding hydrogens is 747 g/mol. The molecule has 0 radical (unpaired) electrons. The summed E-state index contributed by atoms with van der Waals surface area (Å²) < 4.78 is 26.4. The van der Waals surface area contributed by atoms with Gasteiger partial charge in [-0.3, -0.25) is 9.59 Å². The minimum atomic E-state index is -0.368. The van der Waals surface area contributed by atoms with Crippen molar-refractivity contribution in [3.8, 4) is 11.5 Å². The Labute approximate surface area is 316 Å². The third-order valence-corrected chi connectivity index (χ3v) is 6.93. The number of allylic oxidation sites excluding steroid dienone is 4. The van der Waals surface area contributed by atoms with E-state index in [1.54, 1.807) is 36.4 Å². The number of esters is 1. The molecule has 0 aliphatic rings. The molecule has 0 saturated carbocycles. The van der Waals surface area contributed by atoms with E-state index in [1.807, 2.05) is 12.1 Å². The third-order valence-electron chi connectivity index (χ3n) is 6.93. The first kappa shape index (κ1) is 46.8. The van der Waals surface area contributed by atoms with Crippen LogP contribution >= 0.6 is 0 Å². The standard InChI is InChI=1S/C20H28O5.C20H26O5.Pd/c1-3-23-16-24-13-7-5-4-6-8-14-25-19-11-9-18(10-12-19)20(22)15-17(2)21;1-3-20(23)25-14-8-6-4-5-7-13-24-18-11-9-17(10-12-18)19(22)15-16(2)21;/h3,9-12,15,21H,1,4-8,13-14,16H2,2H3;3,9-12,15,21H,1,4-8,13-14H2,2H3;/p+2/b17-15-;16-15-;. The number of rotatable bonds is 26. The number of benzene rings is 2. The van der Waals surface area contributed by atoms with Crippen LogP contribution in [0.3, 0.4) is 0 Å². The Kier molecular flexibility index (Phi) is 28.1. The normalized spacial score (nSPS) is 10.9. The molecule has 0 aromatic heterocycles. The van der Waals surface area contributed by atoms with Crippen LogP contribution in [0.4, 0.5) is 0 Å². The van der Waals surface area contributed by atoms with Crippen LogP contribution in [-0.2, 0) is 39.4 Å². The second-order valence-corrected chi connectivity index (χ2v) is 11.4. The first-order chi connectivity index (χ1) is 24.2. The van der Waals surface area contributed by atoms with Crippen LogP contribution in [0.1, 0.15) is 89.2 Å². The Morgan fingerprint density at radius 2 is 1.04 bits per heavy atom. The molecule has 0 bridgehead atoms. The molecule has 0 aliphatic heterocycles. The van der Waals surface area contributed by atoms with Crippen LogP contribution in [0.2, 0.25) is 0 Å². The van der Waals surface area contributed by atoms with Crippen molar-refractivity contribution >= 4 is 17.5 Å². The number of aliphatic hydroxyl groups excluding tert-OH is 2. The molecule has 0 atom stereocenters. The minimum absolute atomic E-state index is 0. The van der Waals surface area contributed by atoms with E-state index in [9.17, 15) is 14.4 Å². The summed E-state index contributed by atoms with van der Waals surface area (Å²) in [7, 11) is 0. The molecule has 11 heteroatoms. The van der Waals surface area contributed by atoms with Gasteiger partial charge in [0.1, 0.15) is 11.5 Å². The molecule has 0 amide bonds. The van der Waals surface area contributed by atoms with Gasteiger partial charge in [-0.15, -0.1) is 0 Å². The van der Waals surface area contributed by atoms with E-state index >= 15 is 0 Å². The maximum atomic E-state index is 10.8. The molecule has 2 aromatic rings. The average molecular weight is 803 g/mol. The van der Waals surface area contributed by atoms with Crippen molar-refractivity contribution in [1.29, 1.82) is 0 Å². The molecule has 10 nitrogen and oxygen atoms in total. The summed E-state index contributed by atoms with van der Waals surface area (Å²) in [6.07, 6.45) is 15.6. The number of carbonyl (C=O) groups is 1. The summed E-state index contributed by atoms with van der Waals surface area (Å²) >= 11 is 0. The van der Waals surface area contributed by atoms with Gasteiger partial charge in [0.25, 0.3) is 0 Å². The van der Waals surface area contributed by atoms with Crippen molar-refractivity contribution in [2.24, 2.45) is 0 Å². The minimum Gasteiger partial charge on any atom is -0.512 e. The molecular formula is C40H56O10Pd+2. The summed E-state index contributed by atoms with van der Waals surface area (Å²) in [6, 6.07) is 14.2. The molecule has 0 fully saturated rings. The number of aliphatic hydroxyl groups is 2. The number of ketones is 2. The fraction of sp³-hybridized carbons (Fsp3) is 0.425. The smallest absolute Gasteiger partial charge is 0.350 e. The van der Waals surface area contributed by atoms with Gasteiger partial charge in [-0.2, -0.15) is 0 Å². The monoisotopic (exact) mass is 802 g/mol. The first-order valence-corrected chi connectivity index (χ1v) is 17.1. The molecule has 0 unspecified atom stereocenters. The van der Waals surface area contributed by atoms with Gasteiger partial charge in [0.15, 0.2) is 6.79 Å². The molecule has 0 spiro atoms. The first-order valence-electron chi connectivity index (χ1n) is 17.1. The predicted octanol–water partition coefficient (Wildman–Crippen LogP) is 8.60. The van der Waals surface area contributed by atoms with Crippen molar-refractivity contribution in [3.63, 3.8) is 0 Å². The van der Waals surface area contributed by atoms with E-state index in [1.165, 1.54) is 38.3 Å². The van der Waals surface area contributed by atoms with Gasteiger partial charge in [-0.25, -0.2) is 4.79 Å². The third kappa shape index (κ3) is 25.4. The predicted molar refractivity (Wildman–Crippen MR) is 198 cm³/mol. The van der Waals surface area contributed by atoms with Gasteiger partial charge in [0.05, 0.1) is 67.5 Å². The summed E-state index contributed by atoms with van der Waals surface area (Å²) in [4.78, 5) is 30.4. The zero-order valence-electron chi connectivity index (χ0n) is 30.0. The summed E-state index contributed by atoms with van der Waals surface area (Å²) in [5.41, 5.74) is 1.26. The molecule has 0 heterocycles. The van der Waals surface area contributed by atoms with Gasteiger partial charge in [0, 0.05) is 26.5 Å². The maximum absolute atomic E-state index is 10.8. The number of hydrogen-bond donors (Lipinski definition) is 2. The summed E-state index contributed by atoms with van der Waals surface area (Å²) in [5.74, 6) is 1.32. The van der Waals surface area contributed by atoms with Crippen LogP contribution in [0.25, 0.3) is 0 Å².